The van der Waals surface area contributed by atoms with E-state index in [1.165, 1.54) is 0 Å². The lowest BCUT2D eigenvalue weighted by Gasteiger charge is -2.19. The fraction of sp³-hybridized carbons (Fsp3) is 0.417. The van der Waals surface area contributed by atoms with Gasteiger partial charge in [-0.25, -0.2) is 0 Å². The quantitative estimate of drug-likeness (QED) is 0.741. The molecule has 0 heterocycles. The Hall–Kier alpha value is -1.22. The smallest absolute Gasteiger partial charge is 0.253 e. The number of methoxy groups -OCH3 is 1. The number of hydrogen-bond donors (Lipinski definition) is 0. The Morgan fingerprint density at radius 3 is 2.44 bits per heavy atom. The molecule has 0 aliphatic carbocycles. The summed E-state index contributed by atoms with van der Waals surface area (Å²) in [5.41, 5.74) is 0.660. The first-order valence-electron chi connectivity index (χ1n) is 5.22. The van der Waals surface area contributed by atoms with Crippen LogP contribution in [0.2, 0.25) is 0 Å². The third kappa shape index (κ3) is 3.14. The predicted octanol–water partition coefficient (Wildman–Crippen LogP) is 2.40. The molecule has 0 fully saturated rings. The number of ether oxygens (including phenoxy) is 1. The molecular weight excluding hydrogens is 226 g/mol. The number of alkyl halides is 1. The van der Waals surface area contributed by atoms with Crippen LogP contribution in [0.4, 0.5) is 0 Å². The molecule has 0 aliphatic heterocycles. The van der Waals surface area contributed by atoms with Gasteiger partial charge in [0, 0.05) is 24.5 Å². The third-order valence-corrected chi connectivity index (χ3v) is 2.53. The van der Waals surface area contributed by atoms with Crippen molar-refractivity contribution in [2.45, 2.75) is 6.92 Å². The van der Waals surface area contributed by atoms with E-state index in [1.54, 1.807) is 36.3 Å². The lowest BCUT2D eigenvalue weighted by Crippen LogP contribution is -2.32. The topological polar surface area (TPSA) is 29.5 Å². The van der Waals surface area contributed by atoms with Crippen molar-refractivity contribution in [2.24, 2.45) is 0 Å². The maximum atomic E-state index is 12.0. The Labute approximate surface area is 101 Å². The zero-order valence-electron chi connectivity index (χ0n) is 9.57. The largest absolute Gasteiger partial charge is 0.497 e. The van der Waals surface area contributed by atoms with Crippen molar-refractivity contribution in [1.29, 1.82) is 0 Å². The summed E-state index contributed by atoms with van der Waals surface area (Å²) in [4.78, 5) is 13.7. The van der Waals surface area contributed by atoms with Crippen molar-refractivity contribution >= 4 is 17.5 Å². The number of benzene rings is 1. The average molecular weight is 242 g/mol. The maximum Gasteiger partial charge on any atom is 0.253 e. The zero-order valence-corrected chi connectivity index (χ0v) is 10.3. The van der Waals surface area contributed by atoms with E-state index >= 15 is 0 Å². The van der Waals surface area contributed by atoms with Gasteiger partial charge in [-0.3, -0.25) is 4.79 Å². The molecular formula is C12H16ClNO2. The molecule has 3 nitrogen and oxygen atoms in total. The van der Waals surface area contributed by atoms with E-state index in [9.17, 15) is 4.79 Å². The lowest BCUT2D eigenvalue weighted by molar-refractivity contribution is 0.0774. The summed E-state index contributed by atoms with van der Waals surface area (Å²) in [6.07, 6.45) is 0. The summed E-state index contributed by atoms with van der Waals surface area (Å²) < 4.78 is 5.04. The van der Waals surface area contributed by atoms with Crippen molar-refractivity contribution in [2.75, 3.05) is 26.1 Å². The maximum absolute atomic E-state index is 12.0. The third-order valence-electron chi connectivity index (χ3n) is 2.36. The molecule has 4 heteroatoms. The van der Waals surface area contributed by atoms with Crippen LogP contribution in [0.25, 0.3) is 0 Å². The highest BCUT2D eigenvalue weighted by Crippen LogP contribution is 2.13. The number of carbonyl (C=O) groups excluding carboxylic acids is 1. The van der Waals surface area contributed by atoms with Gasteiger partial charge < -0.3 is 9.64 Å². The molecule has 0 atom stereocenters. The first-order chi connectivity index (χ1) is 7.72. The van der Waals surface area contributed by atoms with Gasteiger partial charge in [-0.05, 0) is 31.2 Å². The molecule has 88 valence electrons. The highest BCUT2D eigenvalue weighted by atomic mass is 35.5. The Kier molecular flexibility index (Phi) is 5.12. The molecule has 0 aromatic heterocycles. The minimum absolute atomic E-state index is 0.00537. The summed E-state index contributed by atoms with van der Waals surface area (Å²) in [5, 5.41) is 0. The summed E-state index contributed by atoms with van der Waals surface area (Å²) in [6.45, 7) is 3.18. The van der Waals surface area contributed by atoms with Crippen LogP contribution < -0.4 is 4.74 Å². The second-order valence-electron chi connectivity index (χ2n) is 3.30. The number of amides is 1. The van der Waals surface area contributed by atoms with Crippen LogP contribution in [-0.2, 0) is 0 Å². The van der Waals surface area contributed by atoms with Crippen molar-refractivity contribution in [3.05, 3.63) is 29.8 Å². The van der Waals surface area contributed by atoms with Crippen molar-refractivity contribution in [1.82, 2.24) is 4.90 Å². The van der Waals surface area contributed by atoms with Gasteiger partial charge >= 0.3 is 0 Å². The van der Waals surface area contributed by atoms with Gasteiger partial charge in [0.05, 0.1) is 7.11 Å². The molecule has 0 N–H and O–H groups in total. The zero-order chi connectivity index (χ0) is 12.0. The summed E-state index contributed by atoms with van der Waals surface area (Å²) in [5.74, 6) is 1.21. The Balaban J connectivity index is 2.78. The van der Waals surface area contributed by atoms with Gasteiger partial charge in [0.15, 0.2) is 0 Å². The monoisotopic (exact) mass is 241 g/mol. The van der Waals surface area contributed by atoms with E-state index in [0.29, 0.717) is 24.5 Å². The van der Waals surface area contributed by atoms with Crippen LogP contribution in [0, 0.1) is 0 Å². The second kappa shape index (κ2) is 6.38. The van der Waals surface area contributed by atoms with Gasteiger partial charge in [-0.2, -0.15) is 0 Å². The van der Waals surface area contributed by atoms with E-state index in [0.717, 1.165) is 5.75 Å². The standard InChI is InChI=1S/C12H16ClNO2/c1-3-14(9-8-13)12(15)10-4-6-11(16-2)7-5-10/h4-7H,3,8-9H2,1-2H3. The molecule has 0 aliphatic rings. The number of nitrogens with zero attached hydrogens (tertiary/aromatic N) is 1. The van der Waals surface area contributed by atoms with Crippen LogP contribution in [0.5, 0.6) is 5.75 Å². The van der Waals surface area contributed by atoms with Crippen LogP contribution in [0.15, 0.2) is 24.3 Å². The second-order valence-corrected chi connectivity index (χ2v) is 3.68. The van der Waals surface area contributed by atoms with E-state index < -0.39 is 0 Å². The molecule has 1 aromatic rings. The number of halogens is 1. The Morgan fingerprint density at radius 2 is 2.00 bits per heavy atom. The lowest BCUT2D eigenvalue weighted by atomic mass is 10.2. The molecule has 1 aromatic carbocycles. The van der Waals surface area contributed by atoms with Gasteiger partial charge in [0.1, 0.15) is 5.75 Å². The molecule has 0 spiro atoms. The highest BCUT2D eigenvalue weighted by molar-refractivity contribution is 6.18. The van der Waals surface area contributed by atoms with Gasteiger partial charge in [0.25, 0.3) is 5.91 Å². The minimum Gasteiger partial charge on any atom is -0.497 e. The fourth-order valence-corrected chi connectivity index (χ4v) is 1.63. The van der Waals surface area contributed by atoms with Crippen LogP contribution in [-0.4, -0.2) is 36.9 Å². The summed E-state index contributed by atoms with van der Waals surface area (Å²) in [7, 11) is 1.60. The Morgan fingerprint density at radius 1 is 1.38 bits per heavy atom. The molecule has 0 radical (unpaired) electrons. The SMILES string of the molecule is CCN(CCCl)C(=O)c1ccc(OC)cc1. The van der Waals surface area contributed by atoms with Crippen molar-refractivity contribution in [3.8, 4) is 5.75 Å². The summed E-state index contributed by atoms with van der Waals surface area (Å²) >= 11 is 5.64. The van der Waals surface area contributed by atoms with Crippen LogP contribution in [0.3, 0.4) is 0 Å². The molecule has 0 saturated heterocycles. The Bertz CT molecular complexity index is 337. The molecule has 1 rings (SSSR count). The number of carbonyl (C=O) groups is 1. The first-order valence-corrected chi connectivity index (χ1v) is 5.75. The fourth-order valence-electron chi connectivity index (χ4n) is 1.42. The predicted molar refractivity (Wildman–Crippen MR) is 65.3 cm³/mol. The van der Waals surface area contributed by atoms with E-state index in [4.69, 9.17) is 16.3 Å². The van der Waals surface area contributed by atoms with Gasteiger partial charge in [0.2, 0.25) is 0 Å². The number of hydrogen-bond acceptors (Lipinski definition) is 2. The molecule has 1 amide bonds. The molecule has 0 unspecified atom stereocenters. The van der Waals surface area contributed by atoms with Crippen molar-refractivity contribution < 1.29 is 9.53 Å². The first kappa shape index (κ1) is 12.8. The normalized spacial score (nSPS) is 9.94. The van der Waals surface area contributed by atoms with Crippen molar-refractivity contribution in [3.63, 3.8) is 0 Å². The minimum atomic E-state index is 0.00537. The van der Waals surface area contributed by atoms with Crippen LogP contribution in [0.1, 0.15) is 17.3 Å². The van der Waals surface area contributed by atoms with Gasteiger partial charge in [-0.1, -0.05) is 0 Å². The summed E-state index contributed by atoms with van der Waals surface area (Å²) in [6, 6.07) is 7.08. The average Bonchev–Trinajstić information content (AvgIpc) is 2.35. The number of rotatable bonds is 5. The van der Waals surface area contributed by atoms with E-state index in [2.05, 4.69) is 0 Å². The van der Waals surface area contributed by atoms with E-state index in [1.807, 2.05) is 6.92 Å². The molecule has 0 saturated carbocycles. The van der Waals surface area contributed by atoms with E-state index in [-0.39, 0.29) is 5.91 Å². The van der Waals surface area contributed by atoms with Crippen LogP contribution >= 0.6 is 11.6 Å². The highest BCUT2D eigenvalue weighted by Gasteiger charge is 2.12. The molecule has 16 heavy (non-hydrogen) atoms. The molecule has 0 bridgehead atoms. The van der Waals surface area contributed by atoms with Gasteiger partial charge in [-0.15, -0.1) is 11.6 Å².